The van der Waals surface area contributed by atoms with E-state index in [0.29, 0.717) is 29.5 Å². The first-order valence-electron chi connectivity index (χ1n) is 6.73. The van der Waals surface area contributed by atoms with Gasteiger partial charge in [0.25, 0.3) is 0 Å². The van der Waals surface area contributed by atoms with Crippen LogP contribution in [0.3, 0.4) is 0 Å². The number of hydrogen-bond donors (Lipinski definition) is 1. The Balaban J connectivity index is 2.10. The first-order valence-corrected chi connectivity index (χ1v) is 8.93. The molecule has 0 aliphatic carbocycles. The third-order valence-corrected chi connectivity index (χ3v) is 5.51. The molecule has 1 aromatic rings. The van der Waals surface area contributed by atoms with E-state index in [2.05, 4.69) is 10.3 Å². The molecule has 1 fully saturated rings. The van der Waals surface area contributed by atoms with Gasteiger partial charge in [0.1, 0.15) is 5.15 Å². The minimum atomic E-state index is -3.02. The minimum Gasteiger partial charge on any atom is -0.321 e. The fraction of sp³-hybridized carbons (Fsp3) is 0.538. The van der Waals surface area contributed by atoms with E-state index in [-0.39, 0.29) is 23.6 Å². The Morgan fingerprint density at radius 3 is 2.76 bits per heavy atom. The Morgan fingerprint density at radius 1 is 1.52 bits per heavy atom. The van der Waals surface area contributed by atoms with Crippen LogP contribution in [0.15, 0.2) is 12.1 Å². The van der Waals surface area contributed by atoms with Crippen LogP contribution < -0.4 is 5.32 Å². The maximum absolute atomic E-state index is 12.3. The zero-order valence-electron chi connectivity index (χ0n) is 12.0. The molecule has 1 N–H and O–H groups in total. The van der Waals surface area contributed by atoms with Crippen LogP contribution in [0, 0.1) is 6.92 Å². The average Bonchev–Trinajstić information content (AvgIpc) is 2.74. The molecule has 1 aliphatic rings. The summed E-state index contributed by atoms with van der Waals surface area (Å²) in [5, 5.41) is 3.12. The van der Waals surface area contributed by atoms with Gasteiger partial charge >= 0.3 is 6.03 Å². The second kappa shape index (κ2) is 6.19. The molecule has 2 rings (SSSR count). The Hall–Kier alpha value is -1.34. The van der Waals surface area contributed by atoms with E-state index in [1.54, 1.807) is 24.0 Å². The van der Waals surface area contributed by atoms with Crippen LogP contribution in [0.4, 0.5) is 10.5 Å². The SMILES string of the molecule is CCN(C(=O)Nc1ccc(Cl)nc1C)C1CCS(=O)(=O)C1. The summed E-state index contributed by atoms with van der Waals surface area (Å²) in [5.41, 5.74) is 1.19. The standard InChI is InChI=1S/C13H18ClN3O3S/c1-3-17(10-6-7-21(19,20)8-10)13(18)16-11-4-5-12(14)15-9(11)2/h4-5,10H,3,6-8H2,1-2H3,(H,16,18). The predicted molar refractivity (Wildman–Crippen MR) is 82.4 cm³/mol. The van der Waals surface area contributed by atoms with Crippen molar-refractivity contribution in [2.75, 3.05) is 23.4 Å². The quantitative estimate of drug-likeness (QED) is 0.860. The molecule has 0 radical (unpaired) electrons. The summed E-state index contributed by atoms with van der Waals surface area (Å²) in [4.78, 5) is 18.0. The first kappa shape index (κ1) is 16.0. The summed E-state index contributed by atoms with van der Waals surface area (Å²) >= 11 is 5.78. The number of nitrogens with one attached hydrogen (secondary N) is 1. The van der Waals surface area contributed by atoms with Gasteiger partial charge in [0.2, 0.25) is 0 Å². The fourth-order valence-electron chi connectivity index (χ4n) is 2.44. The van der Waals surface area contributed by atoms with Crippen molar-refractivity contribution in [3.8, 4) is 0 Å². The van der Waals surface area contributed by atoms with E-state index in [1.807, 2.05) is 6.92 Å². The van der Waals surface area contributed by atoms with Gasteiger partial charge in [-0.05, 0) is 32.4 Å². The molecule has 1 aliphatic heterocycles. The monoisotopic (exact) mass is 331 g/mol. The van der Waals surface area contributed by atoms with Crippen molar-refractivity contribution in [1.82, 2.24) is 9.88 Å². The number of pyridine rings is 1. The highest BCUT2D eigenvalue weighted by molar-refractivity contribution is 7.91. The number of hydrogen-bond acceptors (Lipinski definition) is 4. The highest BCUT2D eigenvalue weighted by atomic mass is 35.5. The molecule has 2 amide bonds. The second-order valence-electron chi connectivity index (χ2n) is 5.04. The second-order valence-corrected chi connectivity index (χ2v) is 7.66. The maximum Gasteiger partial charge on any atom is 0.322 e. The summed E-state index contributed by atoms with van der Waals surface area (Å²) in [6.07, 6.45) is 0.488. The molecule has 2 heterocycles. The van der Waals surface area contributed by atoms with E-state index >= 15 is 0 Å². The van der Waals surface area contributed by atoms with E-state index in [4.69, 9.17) is 11.6 Å². The zero-order valence-corrected chi connectivity index (χ0v) is 13.5. The summed E-state index contributed by atoms with van der Waals surface area (Å²) in [6, 6.07) is 2.70. The highest BCUT2D eigenvalue weighted by Crippen LogP contribution is 2.20. The molecule has 116 valence electrons. The average molecular weight is 332 g/mol. The molecule has 0 aromatic carbocycles. The molecule has 0 bridgehead atoms. The number of anilines is 1. The number of aryl methyl sites for hydroxylation is 1. The Kier molecular flexibility index (Phi) is 4.73. The van der Waals surface area contributed by atoms with Crippen molar-refractivity contribution >= 4 is 33.2 Å². The first-order chi connectivity index (χ1) is 9.82. The van der Waals surface area contributed by atoms with E-state index < -0.39 is 9.84 Å². The van der Waals surface area contributed by atoms with Gasteiger partial charge < -0.3 is 10.2 Å². The van der Waals surface area contributed by atoms with Crippen molar-refractivity contribution < 1.29 is 13.2 Å². The molecule has 1 unspecified atom stereocenters. The smallest absolute Gasteiger partial charge is 0.321 e. The molecule has 0 saturated carbocycles. The van der Waals surface area contributed by atoms with Gasteiger partial charge in [-0.3, -0.25) is 0 Å². The van der Waals surface area contributed by atoms with Crippen LogP contribution >= 0.6 is 11.6 Å². The summed E-state index contributed by atoms with van der Waals surface area (Å²) in [5.74, 6) is 0.176. The van der Waals surface area contributed by atoms with Crippen molar-refractivity contribution in [2.45, 2.75) is 26.3 Å². The number of aromatic nitrogens is 1. The number of amides is 2. The minimum absolute atomic E-state index is 0.0338. The van der Waals surface area contributed by atoms with Gasteiger partial charge in [-0.25, -0.2) is 18.2 Å². The van der Waals surface area contributed by atoms with Gasteiger partial charge in [0, 0.05) is 12.6 Å². The number of halogens is 1. The summed E-state index contributed by atoms with van der Waals surface area (Å²) < 4.78 is 23.1. The van der Waals surface area contributed by atoms with Crippen LogP contribution in [-0.4, -0.2) is 48.4 Å². The van der Waals surface area contributed by atoms with Crippen LogP contribution in [0.5, 0.6) is 0 Å². The van der Waals surface area contributed by atoms with Gasteiger partial charge in [-0.2, -0.15) is 0 Å². The molecule has 6 nitrogen and oxygen atoms in total. The maximum atomic E-state index is 12.3. The van der Waals surface area contributed by atoms with Crippen LogP contribution in [0.25, 0.3) is 0 Å². The lowest BCUT2D eigenvalue weighted by atomic mass is 10.2. The number of carbonyl (C=O) groups excluding carboxylic acids is 1. The van der Waals surface area contributed by atoms with Crippen molar-refractivity contribution in [2.24, 2.45) is 0 Å². The lowest BCUT2D eigenvalue weighted by molar-refractivity contribution is 0.197. The Morgan fingerprint density at radius 2 is 2.24 bits per heavy atom. The Bertz CT molecular complexity index is 648. The zero-order chi connectivity index (χ0) is 15.6. The molecule has 1 saturated heterocycles. The van der Waals surface area contributed by atoms with E-state index in [0.717, 1.165) is 0 Å². The van der Waals surface area contributed by atoms with Gasteiger partial charge in [-0.1, -0.05) is 11.6 Å². The van der Waals surface area contributed by atoms with Gasteiger partial charge in [0.15, 0.2) is 9.84 Å². The molecule has 8 heteroatoms. The normalized spacial score (nSPS) is 20.2. The molecular formula is C13H18ClN3O3S. The number of carbonyl (C=O) groups is 1. The van der Waals surface area contributed by atoms with E-state index in [1.165, 1.54) is 0 Å². The highest BCUT2D eigenvalue weighted by Gasteiger charge is 2.34. The van der Waals surface area contributed by atoms with Crippen LogP contribution in [0.1, 0.15) is 19.0 Å². The molecule has 21 heavy (non-hydrogen) atoms. The Labute approximate surface area is 129 Å². The van der Waals surface area contributed by atoms with Crippen molar-refractivity contribution in [3.05, 3.63) is 23.0 Å². The lowest BCUT2D eigenvalue weighted by Crippen LogP contribution is -2.43. The number of rotatable bonds is 3. The third kappa shape index (κ3) is 3.85. The van der Waals surface area contributed by atoms with Crippen molar-refractivity contribution in [3.63, 3.8) is 0 Å². The third-order valence-electron chi connectivity index (χ3n) is 3.54. The molecule has 1 aromatic heterocycles. The van der Waals surface area contributed by atoms with Gasteiger partial charge in [0.05, 0.1) is 22.9 Å². The van der Waals surface area contributed by atoms with Crippen LogP contribution in [-0.2, 0) is 9.84 Å². The number of sulfone groups is 1. The largest absolute Gasteiger partial charge is 0.322 e. The predicted octanol–water partition coefficient (Wildman–Crippen LogP) is 2.08. The fourth-order valence-corrected chi connectivity index (χ4v) is 4.36. The lowest BCUT2D eigenvalue weighted by Gasteiger charge is -2.27. The molecular weight excluding hydrogens is 314 g/mol. The topological polar surface area (TPSA) is 79.4 Å². The molecule has 0 spiro atoms. The summed E-state index contributed by atoms with van der Waals surface area (Å²) in [6.45, 7) is 4.03. The van der Waals surface area contributed by atoms with Crippen molar-refractivity contribution in [1.29, 1.82) is 0 Å². The van der Waals surface area contributed by atoms with Crippen LogP contribution in [0.2, 0.25) is 5.15 Å². The van der Waals surface area contributed by atoms with Gasteiger partial charge in [-0.15, -0.1) is 0 Å². The number of nitrogens with zero attached hydrogens (tertiary/aromatic N) is 2. The van der Waals surface area contributed by atoms with E-state index in [9.17, 15) is 13.2 Å². The summed E-state index contributed by atoms with van der Waals surface area (Å²) in [7, 11) is -3.02. The molecule has 1 atom stereocenters. The number of urea groups is 1.